The predicted molar refractivity (Wildman–Crippen MR) is 43.0 cm³/mol. The summed E-state index contributed by atoms with van der Waals surface area (Å²) in [5, 5.41) is 1.16. The summed E-state index contributed by atoms with van der Waals surface area (Å²) in [5.41, 5.74) is 0.957. The Morgan fingerprint density at radius 1 is 1.20 bits per heavy atom. The van der Waals surface area contributed by atoms with Gasteiger partial charge in [-0.1, -0.05) is 0 Å². The molecule has 0 aliphatic carbocycles. The third-order valence-corrected chi connectivity index (χ3v) is 1.87. The van der Waals surface area contributed by atoms with E-state index in [1.807, 2.05) is 30.3 Å². The Balaban J connectivity index is 2.88. The molecule has 0 N–H and O–H groups in total. The number of rotatable bonds is 0. The molecule has 0 aliphatic rings. The van der Waals surface area contributed by atoms with E-state index in [1.165, 1.54) is 0 Å². The average Bonchev–Trinajstić information content (AvgIpc) is 2.27. The fraction of sp³-hybridized carbons (Fsp3) is 0. The number of fused-ring (bicyclic) bond motifs is 1. The molecule has 0 saturated carbocycles. The molecular formula is C8H6OSe. The fourth-order valence-corrected chi connectivity index (χ4v) is 1.47. The summed E-state index contributed by atoms with van der Waals surface area (Å²) in [4.78, 5) is 0. The molecule has 2 aromatic rings. The number of furan rings is 1. The van der Waals surface area contributed by atoms with Crippen molar-refractivity contribution in [3.05, 3.63) is 30.3 Å². The van der Waals surface area contributed by atoms with Crippen LogP contribution < -0.4 is 4.66 Å². The molecule has 2 heteroatoms. The van der Waals surface area contributed by atoms with Crippen LogP contribution in [0.2, 0.25) is 0 Å². The zero-order valence-corrected chi connectivity index (χ0v) is 7.12. The molecule has 0 saturated heterocycles. The Kier molecular flexibility index (Phi) is 1.30. The van der Waals surface area contributed by atoms with Crippen LogP contribution in [-0.2, 0) is 0 Å². The third kappa shape index (κ3) is 0.859. The van der Waals surface area contributed by atoms with Crippen LogP contribution in [0.5, 0.6) is 0 Å². The van der Waals surface area contributed by atoms with Crippen LogP contribution in [0.15, 0.2) is 34.7 Å². The molecule has 10 heavy (non-hydrogen) atoms. The van der Waals surface area contributed by atoms with Gasteiger partial charge in [-0.15, -0.1) is 0 Å². The predicted octanol–water partition coefficient (Wildman–Crippen LogP) is 0.959. The quantitative estimate of drug-likeness (QED) is 0.573. The van der Waals surface area contributed by atoms with E-state index < -0.39 is 0 Å². The molecule has 0 spiro atoms. The van der Waals surface area contributed by atoms with Crippen LogP contribution in [0, 0.1) is 0 Å². The topological polar surface area (TPSA) is 13.1 Å². The van der Waals surface area contributed by atoms with Crippen LogP contribution >= 0.6 is 0 Å². The van der Waals surface area contributed by atoms with Gasteiger partial charge >= 0.3 is 66.4 Å². The number of para-hydroxylation sites is 1. The van der Waals surface area contributed by atoms with Gasteiger partial charge in [-0.2, -0.15) is 0 Å². The van der Waals surface area contributed by atoms with Crippen LogP contribution in [0.3, 0.4) is 0 Å². The summed E-state index contributed by atoms with van der Waals surface area (Å²) >= 11 is 2.39. The molecule has 1 aromatic carbocycles. The third-order valence-electron chi connectivity index (χ3n) is 1.41. The van der Waals surface area contributed by atoms with E-state index in [9.17, 15) is 0 Å². The first kappa shape index (κ1) is 6.02. The van der Waals surface area contributed by atoms with Gasteiger partial charge in [0.25, 0.3) is 0 Å². The molecule has 0 radical (unpaired) electrons. The second kappa shape index (κ2) is 2.15. The van der Waals surface area contributed by atoms with Crippen molar-refractivity contribution in [2.75, 3.05) is 0 Å². The van der Waals surface area contributed by atoms with Gasteiger partial charge in [0.1, 0.15) is 0 Å². The molecule has 0 aliphatic heterocycles. The molecule has 1 nitrogen and oxygen atoms in total. The van der Waals surface area contributed by atoms with Crippen LogP contribution in [0.25, 0.3) is 11.0 Å². The summed E-state index contributed by atoms with van der Waals surface area (Å²) in [5.74, 6) is 0. The van der Waals surface area contributed by atoms with E-state index in [-0.39, 0.29) is 0 Å². The van der Waals surface area contributed by atoms with E-state index in [0.717, 1.165) is 15.6 Å². The molecule has 0 atom stereocenters. The Bertz CT molecular complexity index is 318. The zero-order chi connectivity index (χ0) is 6.97. The molecule has 1 aromatic heterocycles. The Morgan fingerprint density at radius 2 is 2.00 bits per heavy atom. The van der Waals surface area contributed by atoms with Gasteiger partial charge in [-0.25, -0.2) is 0 Å². The van der Waals surface area contributed by atoms with Crippen LogP contribution in [0.1, 0.15) is 0 Å². The summed E-state index contributed by atoms with van der Waals surface area (Å²) < 4.78 is 6.25. The summed E-state index contributed by atoms with van der Waals surface area (Å²) in [7, 11) is 0. The van der Waals surface area contributed by atoms with Gasteiger partial charge in [0, 0.05) is 0 Å². The van der Waals surface area contributed by atoms with Gasteiger partial charge in [-0.3, -0.25) is 0 Å². The molecule has 2 rings (SSSR count). The van der Waals surface area contributed by atoms with Crippen LogP contribution in [-0.4, -0.2) is 16.0 Å². The standard InChI is InChI=1S/C8H6OSe/c10-8-5-6-3-1-2-4-7(6)9-8/h1-5,10H. The fourth-order valence-electron chi connectivity index (χ4n) is 0.968. The number of hydrogen-bond donors (Lipinski definition) is 0. The maximum atomic E-state index is 5.34. The van der Waals surface area contributed by atoms with Gasteiger partial charge in [0.15, 0.2) is 0 Å². The molecule has 1 heterocycles. The van der Waals surface area contributed by atoms with Crippen molar-refractivity contribution >= 4 is 31.6 Å². The molecule has 0 fully saturated rings. The Morgan fingerprint density at radius 3 is 2.80 bits per heavy atom. The van der Waals surface area contributed by atoms with Crippen molar-refractivity contribution in [3.63, 3.8) is 0 Å². The monoisotopic (exact) mass is 198 g/mol. The van der Waals surface area contributed by atoms with E-state index >= 15 is 0 Å². The van der Waals surface area contributed by atoms with Gasteiger partial charge < -0.3 is 0 Å². The van der Waals surface area contributed by atoms with Crippen molar-refractivity contribution in [1.29, 1.82) is 0 Å². The molecule has 0 bridgehead atoms. The number of benzene rings is 1. The van der Waals surface area contributed by atoms with Crippen molar-refractivity contribution in [1.82, 2.24) is 0 Å². The van der Waals surface area contributed by atoms with Crippen molar-refractivity contribution in [3.8, 4) is 0 Å². The summed E-state index contributed by atoms with van der Waals surface area (Å²) in [6.07, 6.45) is 0. The summed E-state index contributed by atoms with van der Waals surface area (Å²) in [6, 6.07) is 9.99. The van der Waals surface area contributed by atoms with Gasteiger partial charge in [0.2, 0.25) is 0 Å². The first-order chi connectivity index (χ1) is 4.86. The number of hydrogen-bond acceptors (Lipinski definition) is 1. The zero-order valence-electron chi connectivity index (χ0n) is 5.24. The maximum absolute atomic E-state index is 5.34. The first-order valence-corrected chi connectivity index (χ1v) is 3.97. The SMILES string of the molecule is [SeH]c1cc2ccccc2o1. The molecule has 0 amide bonds. The Labute approximate surface area is 66.8 Å². The molecule has 50 valence electrons. The average molecular weight is 197 g/mol. The second-order valence-corrected chi connectivity index (χ2v) is 3.05. The van der Waals surface area contributed by atoms with Gasteiger partial charge in [-0.05, 0) is 0 Å². The minimum atomic E-state index is 0.911. The van der Waals surface area contributed by atoms with Gasteiger partial charge in [0.05, 0.1) is 0 Å². The first-order valence-electron chi connectivity index (χ1n) is 3.04. The van der Waals surface area contributed by atoms with Crippen LogP contribution in [0.4, 0.5) is 0 Å². The van der Waals surface area contributed by atoms with E-state index in [0.29, 0.717) is 0 Å². The Hall–Kier alpha value is -0.721. The van der Waals surface area contributed by atoms with E-state index in [2.05, 4.69) is 16.0 Å². The second-order valence-electron chi connectivity index (χ2n) is 2.12. The molecular weight excluding hydrogens is 191 g/mol. The van der Waals surface area contributed by atoms with Crippen molar-refractivity contribution in [2.45, 2.75) is 0 Å². The van der Waals surface area contributed by atoms with E-state index in [4.69, 9.17) is 4.42 Å². The normalized spacial score (nSPS) is 10.5. The van der Waals surface area contributed by atoms with Crippen molar-refractivity contribution < 1.29 is 4.42 Å². The van der Waals surface area contributed by atoms with E-state index in [1.54, 1.807) is 0 Å². The van der Waals surface area contributed by atoms with Crippen molar-refractivity contribution in [2.24, 2.45) is 0 Å². The minimum absolute atomic E-state index is 0.911. The molecule has 0 unspecified atom stereocenters. The summed E-state index contributed by atoms with van der Waals surface area (Å²) in [6.45, 7) is 0.